The van der Waals surface area contributed by atoms with Gasteiger partial charge in [0, 0.05) is 36.1 Å². The van der Waals surface area contributed by atoms with Crippen molar-refractivity contribution in [2.24, 2.45) is 0 Å². The highest BCUT2D eigenvalue weighted by Crippen LogP contribution is 2.46. The molecule has 2 aliphatic rings. The largest absolute Gasteiger partial charge is 0.390 e. The number of hydrogen-bond acceptors (Lipinski definition) is 6. The Morgan fingerprint density at radius 3 is 2.85 bits per heavy atom. The van der Waals surface area contributed by atoms with Gasteiger partial charge in [-0.1, -0.05) is 30.3 Å². The molecule has 3 heterocycles. The number of fused-ring (bicyclic) bond motifs is 1. The van der Waals surface area contributed by atoms with E-state index < -0.39 is 29.8 Å². The number of aliphatic hydroxyl groups is 2. The second-order valence-electron chi connectivity index (χ2n) is 8.64. The molecule has 4 N–H and O–H groups in total. The number of nitrogens with one attached hydrogen (secondary N) is 2. The Morgan fingerprint density at radius 1 is 1.21 bits per heavy atom. The van der Waals surface area contributed by atoms with Crippen LogP contribution >= 0.6 is 0 Å². The SMILES string of the molecule is O=C(Nc1cnccc1C1CC(O)C2(O)CCCC2O1)c1c[nH]cc(-c2ccccc2)c1=O. The maximum atomic E-state index is 13.1. The molecule has 1 aliphatic heterocycles. The van der Waals surface area contributed by atoms with Crippen molar-refractivity contribution in [2.45, 2.75) is 49.6 Å². The first-order chi connectivity index (χ1) is 16.0. The summed E-state index contributed by atoms with van der Waals surface area (Å²) in [6.07, 6.45) is 6.27. The van der Waals surface area contributed by atoms with Gasteiger partial charge in [-0.25, -0.2) is 0 Å². The van der Waals surface area contributed by atoms with Gasteiger partial charge in [-0.2, -0.15) is 0 Å². The highest BCUT2D eigenvalue weighted by atomic mass is 16.5. The van der Waals surface area contributed by atoms with E-state index in [9.17, 15) is 19.8 Å². The Morgan fingerprint density at radius 2 is 2.03 bits per heavy atom. The average molecular weight is 447 g/mol. The van der Waals surface area contributed by atoms with E-state index in [1.165, 1.54) is 12.4 Å². The summed E-state index contributed by atoms with van der Waals surface area (Å²) in [5.41, 5.74) is 0.509. The van der Waals surface area contributed by atoms with Gasteiger partial charge in [-0.05, 0) is 30.9 Å². The summed E-state index contributed by atoms with van der Waals surface area (Å²) >= 11 is 0. The molecule has 3 aromatic rings. The minimum atomic E-state index is -1.22. The van der Waals surface area contributed by atoms with Gasteiger partial charge >= 0.3 is 0 Å². The number of benzene rings is 1. The fraction of sp³-hybridized carbons (Fsp3) is 0.320. The van der Waals surface area contributed by atoms with Gasteiger partial charge in [0.15, 0.2) is 0 Å². The van der Waals surface area contributed by atoms with Crippen molar-refractivity contribution in [3.63, 3.8) is 0 Å². The van der Waals surface area contributed by atoms with E-state index in [1.807, 2.05) is 18.2 Å². The minimum Gasteiger partial charge on any atom is -0.390 e. The van der Waals surface area contributed by atoms with E-state index >= 15 is 0 Å². The molecule has 0 bridgehead atoms. The van der Waals surface area contributed by atoms with Crippen molar-refractivity contribution in [1.82, 2.24) is 9.97 Å². The lowest BCUT2D eigenvalue weighted by molar-refractivity contribution is -0.215. The number of hydrogen-bond donors (Lipinski definition) is 4. The second kappa shape index (κ2) is 8.55. The van der Waals surface area contributed by atoms with Crippen LogP contribution in [0.1, 0.15) is 47.7 Å². The number of pyridine rings is 2. The van der Waals surface area contributed by atoms with Gasteiger partial charge in [-0.15, -0.1) is 0 Å². The Bertz CT molecular complexity index is 1230. The quantitative estimate of drug-likeness (QED) is 0.488. The summed E-state index contributed by atoms with van der Waals surface area (Å²) in [6.45, 7) is 0. The van der Waals surface area contributed by atoms with Crippen LogP contribution in [0.25, 0.3) is 11.1 Å². The molecule has 1 saturated heterocycles. The Labute approximate surface area is 190 Å². The fourth-order valence-corrected chi connectivity index (χ4v) is 4.87. The molecule has 0 radical (unpaired) electrons. The van der Waals surface area contributed by atoms with Crippen molar-refractivity contribution < 1.29 is 19.7 Å². The summed E-state index contributed by atoms with van der Waals surface area (Å²) in [7, 11) is 0. The first kappa shape index (κ1) is 21.5. The van der Waals surface area contributed by atoms with Crippen molar-refractivity contribution in [3.05, 3.63) is 82.5 Å². The Hall–Kier alpha value is -3.33. The van der Waals surface area contributed by atoms with Crippen LogP contribution in [0.3, 0.4) is 0 Å². The molecule has 2 aromatic heterocycles. The van der Waals surface area contributed by atoms with Crippen molar-refractivity contribution in [1.29, 1.82) is 0 Å². The van der Waals surface area contributed by atoms with Gasteiger partial charge in [0.05, 0.1) is 30.2 Å². The molecule has 0 spiro atoms. The molecule has 33 heavy (non-hydrogen) atoms. The number of carbonyl (C=O) groups excluding carboxylic acids is 1. The molecule has 1 amide bonds. The summed E-state index contributed by atoms with van der Waals surface area (Å²) in [5.74, 6) is -0.572. The summed E-state index contributed by atoms with van der Waals surface area (Å²) in [6, 6.07) is 10.8. The van der Waals surface area contributed by atoms with Gasteiger partial charge in [0.2, 0.25) is 5.43 Å². The second-order valence-corrected chi connectivity index (χ2v) is 8.64. The van der Waals surface area contributed by atoms with Crippen molar-refractivity contribution in [2.75, 3.05) is 5.32 Å². The number of aliphatic hydroxyl groups excluding tert-OH is 1. The highest BCUT2D eigenvalue weighted by Gasteiger charge is 2.52. The molecule has 4 atom stereocenters. The monoisotopic (exact) mass is 447 g/mol. The maximum absolute atomic E-state index is 13.1. The zero-order chi connectivity index (χ0) is 23.0. The molecule has 5 rings (SSSR count). The third-order valence-corrected chi connectivity index (χ3v) is 6.67. The van der Waals surface area contributed by atoms with Crippen molar-refractivity contribution >= 4 is 11.6 Å². The first-order valence-electron chi connectivity index (χ1n) is 11.0. The van der Waals surface area contributed by atoms with E-state index in [1.54, 1.807) is 30.6 Å². The van der Waals surface area contributed by atoms with Gasteiger partial charge < -0.3 is 25.3 Å². The molecule has 170 valence electrons. The molecular weight excluding hydrogens is 422 g/mol. The molecule has 4 unspecified atom stereocenters. The van der Waals surface area contributed by atoms with Gasteiger partial charge in [-0.3, -0.25) is 14.6 Å². The molecular formula is C25H25N3O5. The molecule has 1 aliphatic carbocycles. The summed E-state index contributed by atoms with van der Waals surface area (Å²) in [5, 5.41) is 24.2. The molecule has 8 nitrogen and oxygen atoms in total. The number of amides is 1. The Balaban J connectivity index is 1.42. The van der Waals surface area contributed by atoms with Crippen LogP contribution in [0.15, 0.2) is 66.0 Å². The van der Waals surface area contributed by atoms with E-state index in [2.05, 4.69) is 15.3 Å². The van der Waals surface area contributed by atoms with E-state index in [4.69, 9.17) is 4.74 Å². The number of aromatic amines is 1. The van der Waals surface area contributed by atoms with Crippen LogP contribution in [0.2, 0.25) is 0 Å². The number of aromatic nitrogens is 2. The number of rotatable bonds is 4. The predicted molar refractivity (Wildman–Crippen MR) is 122 cm³/mol. The zero-order valence-corrected chi connectivity index (χ0v) is 17.9. The fourth-order valence-electron chi connectivity index (χ4n) is 4.87. The van der Waals surface area contributed by atoms with E-state index in [0.29, 0.717) is 35.2 Å². The Kier molecular flexibility index (Phi) is 5.57. The van der Waals surface area contributed by atoms with Crippen LogP contribution < -0.4 is 10.7 Å². The van der Waals surface area contributed by atoms with E-state index in [0.717, 1.165) is 6.42 Å². The molecule has 2 fully saturated rings. The zero-order valence-electron chi connectivity index (χ0n) is 17.9. The predicted octanol–water partition coefficient (Wildman–Crippen LogP) is 2.80. The lowest BCUT2D eigenvalue weighted by Gasteiger charge is -2.43. The molecule has 8 heteroatoms. The lowest BCUT2D eigenvalue weighted by atomic mass is 9.84. The first-order valence-corrected chi connectivity index (χ1v) is 11.0. The van der Waals surface area contributed by atoms with Gasteiger partial charge in [0.25, 0.3) is 5.91 Å². The summed E-state index contributed by atoms with van der Waals surface area (Å²) < 4.78 is 6.14. The maximum Gasteiger partial charge on any atom is 0.261 e. The lowest BCUT2D eigenvalue weighted by Crippen LogP contribution is -2.54. The van der Waals surface area contributed by atoms with Crippen LogP contribution in [-0.4, -0.2) is 43.9 Å². The van der Waals surface area contributed by atoms with Crippen LogP contribution in [-0.2, 0) is 4.74 Å². The minimum absolute atomic E-state index is 0.0269. The summed E-state index contributed by atoms with van der Waals surface area (Å²) in [4.78, 5) is 33.1. The normalized spacial score (nSPS) is 26.5. The van der Waals surface area contributed by atoms with E-state index in [-0.39, 0.29) is 17.4 Å². The number of carbonyl (C=O) groups is 1. The molecule has 1 aromatic carbocycles. The third kappa shape index (κ3) is 3.86. The third-order valence-electron chi connectivity index (χ3n) is 6.67. The average Bonchev–Trinajstić information content (AvgIpc) is 3.22. The number of H-pyrrole nitrogens is 1. The number of anilines is 1. The van der Waals surface area contributed by atoms with Crippen LogP contribution in [0.4, 0.5) is 5.69 Å². The number of nitrogens with zero attached hydrogens (tertiary/aromatic N) is 1. The van der Waals surface area contributed by atoms with Crippen molar-refractivity contribution in [3.8, 4) is 11.1 Å². The standard InChI is InChI=1S/C25H25N3O5/c29-21-11-20(33-22-7-4-9-25(21,22)32)16-8-10-26-14-19(16)28-24(31)18-13-27-12-17(23(18)30)15-5-2-1-3-6-15/h1-3,5-6,8,10,12-14,20-22,29,32H,4,7,9,11H2,(H,27,30)(H,28,31). The van der Waals surface area contributed by atoms with Crippen LogP contribution in [0.5, 0.6) is 0 Å². The smallest absolute Gasteiger partial charge is 0.261 e. The van der Waals surface area contributed by atoms with Gasteiger partial charge in [0.1, 0.15) is 11.2 Å². The topological polar surface area (TPSA) is 125 Å². The number of ether oxygens (including phenoxy) is 1. The highest BCUT2D eigenvalue weighted by molar-refractivity contribution is 6.05. The molecule has 1 saturated carbocycles. The van der Waals surface area contributed by atoms with Crippen LogP contribution in [0, 0.1) is 0 Å².